The molecule has 0 aliphatic carbocycles. The number of halogens is 3. The summed E-state index contributed by atoms with van der Waals surface area (Å²) >= 11 is 16.9. The summed E-state index contributed by atoms with van der Waals surface area (Å²) < 4.78 is 0. The standard InChI is InChI=1S/C16H9ClN2O.C8H4ClNO.C8H6ClN/c17-12-5-6-15-13(7-12)14(9-19-15)16(20)11-3-1-10(8-18)2-4-11;9-8(11)7-3-1-6(5-10)2-4-7;9-7-1-2-8-6(5-7)3-4-10-8/h1-7,9,19H;1-4H;1-5,10H. The van der Waals surface area contributed by atoms with Gasteiger partial charge in [-0.2, -0.15) is 10.5 Å². The number of carbonyl (C=O) groups excluding carboxylic acids is 2. The minimum atomic E-state index is -0.505. The number of aromatic amines is 2. The van der Waals surface area contributed by atoms with Gasteiger partial charge >= 0.3 is 0 Å². The second kappa shape index (κ2) is 13.5. The van der Waals surface area contributed by atoms with Crippen molar-refractivity contribution in [3.63, 3.8) is 0 Å². The summed E-state index contributed by atoms with van der Waals surface area (Å²) in [6.07, 6.45) is 3.59. The highest BCUT2D eigenvalue weighted by molar-refractivity contribution is 6.67. The molecule has 4 aromatic carbocycles. The lowest BCUT2D eigenvalue weighted by atomic mass is 10.0. The molecule has 9 heteroatoms. The van der Waals surface area contributed by atoms with Gasteiger partial charge in [-0.3, -0.25) is 9.59 Å². The van der Waals surface area contributed by atoms with Gasteiger partial charge in [-0.05, 0) is 103 Å². The summed E-state index contributed by atoms with van der Waals surface area (Å²) in [6, 6.07) is 29.9. The molecule has 0 fully saturated rings. The number of carbonyl (C=O) groups is 2. The molecular formula is C32H19Cl3N4O2. The molecule has 6 aromatic rings. The fourth-order valence-electron chi connectivity index (χ4n) is 3.83. The Kier molecular flexibility index (Phi) is 9.58. The smallest absolute Gasteiger partial charge is 0.252 e. The Hall–Kier alpha value is -4.85. The van der Waals surface area contributed by atoms with Gasteiger partial charge in [-0.25, -0.2) is 0 Å². The van der Waals surface area contributed by atoms with Crippen LogP contribution in [0.15, 0.2) is 103 Å². The zero-order valence-electron chi connectivity index (χ0n) is 21.2. The van der Waals surface area contributed by atoms with E-state index in [1.54, 1.807) is 54.7 Å². The maximum Gasteiger partial charge on any atom is 0.252 e. The maximum absolute atomic E-state index is 12.5. The van der Waals surface area contributed by atoms with Crippen LogP contribution in [-0.4, -0.2) is 21.0 Å². The number of fused-ring (bicyclic) bond motifs is 2. The zero-order valence-corrected chi connectivity index (χ0v) is 23.4. The predicted molar refractivity (Wildman–Crippen MR) is 163 cm³/mol. The third kappa shape index (κ3) is 7.42. The molecule has 6 nitrogen and oxygen atoms in total. The number of nitrogens with zero attached hydrogens (tertiary/aromatic N) is 2. The number of H-pyrrole nitrogens is 2. The van der Waals surface area contributed by atoms with E-state index in [1.807, 2.05) is 48.7 Å². The molecule has 0 atom stereocenters. The van der Waals surface area contributed by atoms with Crippen LogP contribution in [0.2, 0.25) is 10.0 Å². The average molecular weight is 598 g/mol. The molecule has 0 unspecified atom stereocenters. The van der Waals surface area contributed by atoms with Gasteiger partial charge in [0.2, 0.25) is 0 Å². The van der Waals surface area contributed by atoms with E-state index >= 15 is 0 Å². The van der Waals surface area contributed by atoms with Crippen molar-refractivity contribution < 1.29 is 9.59 Å². The van der Waals surface area contributed by atoms with E-state index in [-0.39, 0.29) is 5.78 Å². The van der Waals surface area contributed by atoms with Crippen LogP contribution in [0.3, 0.4) is 0 Å². The van der Waals surface area contributed by atoms with Crippen LogP contribution < -0.4 is 0 Å². The van der Waals surface area contributed by atoms with E-state index in [0.717, 1.165) is 26.8 Å². The van der Waals surface area contributed by atoms with Gasteiger partial charge < -0.3 is 9.97 Å². The Balaban J connectivity index is 0.000000156. The fourth-order valence-corrected chi connectivity index (χ4v) is 4.31. The predicted octanol–water partition coefficient (Wildman–Crippen LogP) is 8.68. The van der Waals surface area contributed by atoms with Crippen LogP contribution in [0, 0.1) is 22.7 Å². The van der Waals surface area contributed by atoms with Gasteiger partial charge in [0.05, 0.1) is 23.3 Å². The molecule has 0 aliphatic heterocycles. The monoisotopic (exact) mass is 596 g/mol. The molecule has 200 valence electrons. The summed E-state index contributed by atoms with van der Waals surface area (Å²) in [6.45, 7) is 0. The van der Waals surface area contributed by atoms with Crippen molar-refractivity contribution in [2.24, 2.45) is 0 Å². The van der Waals surface area contributed by atoms with Crippen molar-refractivity contribution in [1.29, 1.82) is 10.5 Å². The molecule has 0 saturated heterocycles. The second-order valence-corrected chi connectivity index (χ2v) is 9.80. The van der Waals surface area contributed by atoms with Crippen molar-refractivity contribution in [2.45, 2.75) is 0 Å². The minimum Gasteiger partial charge on any atom is -0.361 e. The Labute approximate surface area is 250 Å². The Morgan fingerprint density at radius 1 is 0.659 bits per heavy atom. The van der Waals surface area contributed by atoms with E-state index in [9.17, 15) is 9.59 Å². The lowest BCUT2D eigenvalue weighted by molar-refractivity contribution is 0.103. The molecule has 2 heterocycles. The molecule has 0 amide bonds. The molecule has 41 heavy (non-hydrogen) atoms. The van der Waals surface area contributed by atoms with Crippen LogP contribution in [0.5, 0.6) is 0 Å². The molecule has 0 aliphatic rings. The molecule has 0 radical (unpaired) electrons. The number of hydrogen-bond acceptors (Lipinski definition) is 4. The van der Waals surface area contributed by atoms with E-state index in [1.165, 1.54) is 12.1 Å². The van der Waals surface area contributed by atoms with E-state index in [0.29, 0.717) is 32.8 Å². The van der Waals surface area contributed by atoms with Crippen molar-refractivity contribution in [1.82, 2.24) is 9.97 Å². The first-order valence-electron chi connectivity index (χ1n) is 12.0. The highest BCUT2D eigenvalue weighted by Gasteiger charge is 2.14. The summed E-state index contributed by atoms with van der Waals surface area (Å²) in [4.78, 5) is 29.2. The van der Waals surface area contributed by atoms with Crippen LogP contribution in [0.4, 0.5) is 0 Å². The fraction of sp³-hybridized carbons (Fsp3) is 0. The molecule has 0 bridgehead atoms. The van der Waals surface area contributed by atoms with Gasteiger partial charge in [0.15, 0.2) is 5.78 Å². The Morgan fingerprint density at radius 3 is 1.80 bits per heavy atom. The molecular weight excluding hydrogens is 579 g/mol. The Bertz CT molecular complexity index is 1930. The first-order valence-corrected chi connectivity index (χ1v) is 13.2. The third-order valence-electron chi connectivity index (χ3n) is 5.92. The van der Waals surface area contributed by atoms with Crippen molar-refractivity contribution in [3.8, 4) is 12.1 Å². The zero-order chi connectivity index (χ0) is 29.4. The summed E-state index contributed by atoms with van der Waals surface area (Å²) in [5, 5.41) is 20.0. The van der Waals surface area contributed by atoms with Crippen LogP contribution in [0.1, 0.15) is 37.4 Å². The maximum atomic E-state index is 12.5. The summed E-state index contributed by atoms with van der Waals surface area (Å²) in [5.74, 6) is -0.0944. The van der Waals surface area contributed by atoms with Crippen molar-refractivity contribution in [2.75, 3.05) is 0 Å². The number of ketones is 1. The summed E-state index contributed by atoms with van der Waals surface area (Å²) in [7, 11) is 0. The summed E-state index contributed by atoms with van der Waals surface area (Å²) in [5.41, 5.74) is 4.58. The highest BCUT2D eigenvalue weighted by atomic mass is 35.5. The van der Waals surface area contributed by atoms with Crippen LogP contribution in [-0.2, 0) is 0 Å². The SMILES string of the molecule is Clc1ccc2[nH]ccc2c1.N#Cc1ccc(C(=O)Cl)cc1.N#Cc1ccc(C(=O)c2c[nH]c3ccc(Cl)cc23)cc1. The van der Waals surface area contributed by atoms with E-state index < -0.39 is 5.24 Å². The van der Waals surface area contributed by atoms with Crippen LogP contribution >= 0.6 is 34.8 Å². The molecule has 6 rings (SSSR count). The average Bonchev–Trinajstić information content (AvgIpc) is 3.64. The number of nitrogens with one attached hydrogen (secondary N) is 2. The third-order valence-corrected chi connectivity index (χ3v) is 6.61. The van der Waals surface area contributed by atoms with Gasteiger partial charge in [0, 0.05) is 60.9 Å². The quantitative estimate of drug-likeness (QED) is 0.157. The van der Waals surface area contributed by atoms with Gasteiger partial charge in [-0.1, -0.05) is 23.2 Å². The lowest BCUT2D eigenvalue weighted by Crippen LogP contribution is -2.00. The number of nitriles is 2. The van der Waals surface area contributed by atoms with Gasteiger partial charge in [-0.15, -0.1) is 0 Å². The molecule has 0 spiro atoms. The second-order valence-electron chi connectivity index (χ2n) is 8.58. The first-order chi connectivity index (χ1) is 19.8. The Morgan fingerprint density at radius 2 is 1.22 bits per heavy atom. The number of hydrogen-bond donors (Lipinski definition) is 2. The van der Waals surface area contributed by atoms with E-state index in [4.69, 9.17) is 45.3 Å². The molecule has 0 saturated carbocycles. The minimum absolute atomic E-state index is 0.0944. The first kappa shape index (κ1) is 29.1. The number of benzene rings is 4. The van der Waals surface area contributed by atoms with Crippen LogP contribution in [0.25, 0.3) is 21.8 Å². The highest BCUT2D eigenvalue weighted by Crippen LogP contribution is 2.24. The molecule has 2 aromatic heterocycles. The van der Waals surface area contributed by atoms with Crippen molar-refractivity contribution in [3.05, 3.63) is 141 Å². The topological polar surface area (TPSA) is 113 Å². The van der Waals surface area contributed by atoms with E-state index in [2.05, 4.69) is 9.97 Å². The normalized spacial score (nSPS) is 9.98. The number of rotatable bonds is 3. The van der Waals surface area contributed by atoms with Gasteiger partial charge in [0.1, 0.15) is 0 Å². The van der Waals surface area contributed by atoms with Crippen molar-refractivity contribution >= 4 is 67.6 Å². The number of aromatic nitrogens is 2. The van der Waals surface area contributed by atoms with Gasteiger partial charge in [0.25, 0.3) is 5.24 Å². The molecule has 2 N–H and O–H groups in total. The largest absolute Gasteiger partial charge is 0.361 e. The lowest BCUT2D eigenvalue weighted by Gasteiger charge is -2.00.